The van der Waals surface area contributed by atoms with Gasteiger partial charge in [0.25, 0.3) is 5.91 Å². The van der Waals surface area contributed by atoms with Crippen LogP contribution in [0.15, 0.2) is 54.6 Å². The van der Waals surface area contributed by atoms with Gasteiger partial charge >= 0.3 is 0 Å². The molecule has 0 aliphatic carbocycles. The van der Waals surface area contributed by atoms with Crippen LogP contribution in [0.2, 0.25) is 0 Å². The molecule has 0 aromatic heterocycles. The number of carbonyl (C=O) groups excluding carboxylic acids is 2. The van der Waals surface area contributed by atoms with E-state index in [1.165, 1.54) is 0 Å². The lowest BCUT2D eigenvalue weighted by atomic mass is 9.86. The Kier molecular flexibility index (Phi) is 9.76. The first-order valence-corrected chi connectivity index (χ1v) is 11.6. The maximum absolute atomic E-state index is 13.3. The summed E-state index contributed by atoms with van der Waals surface area (Å²) in [6.07, 6.45) is 2.46. The van der Waals surface area contributed by atoms with E-state index in [1.807, 2.05) is 61.5 Å². The molecule has 32 heavy (non-hydrogen) atoms. The second-order valence-electron chi connectivity index (χ2n) is 9.11. The fraction of sp³-hybridized carbons (Fsp3) is 0.481. The number of unbranched alkanes of at least 4 members (excludes halogenated alkanes) is 1. The summed E-state index contributed by atoms with van der Waals surface area (Å²) in [4.78, 5) is 27.9. The van der Waals surface area contributed by atoms with Crippen molar-refractivity contribution >= 4 is 11.8 Å². The summed E-state index contributed by atoms with van der Waals surface area (Å²) in [5.74, 6) is 0.392. The van der Waals surface area contributed by atoms with Gasteiger partial charge in [-0.15, -0.1) is 0 Å². The quantitative estimate of drug-likeness (QED) is 0.497. The van der Waals surface area contributed by atoms with Crippen LogP contribution in [0.1, 0.15) is 65.0 Å². The molecule has 0 saturated heterocycles. The van der Waals surface area contributed by atoms with Crippen molar-refractivity contribution in [3.05, 3.63) is 65.7 Å². The molecule has 2 amide bonds. The van der Waals surface area contributed by atoms with E-state index in [0.29, 0.717) is 25.3 Å². The van der Waals surface area contributed by atoms with Crippen molar-refractivity contribution in [2.75, 3.05) is 13.2 Å². The molecule has 0 unspecified atom stereocenters. The predicted molar refractivity (Wildman–Crippen MR) is 130 cm³/mol. The Morgan fingerprint density at radius 1 is 1.00 bits per heavy atom. The SMILES string of the molecule is CCCCNC(=O)[C@@H](CC)N(Cc1ccccc1)C(=O)COc1ccccc1C(C)(C)C. The Balaban J connectivity index is 2.21. The standard InChI is InChI=1S/C27H38N2O3/c1-6-8-18-28-26(31)23(7-2)29(19-21-14-10-9-11-15-21)25(30)20-32-24-17-13-12-16-22(24)27(3,4)5/h9-17,23H,6-8,18-20H2,1-5H3,(H,28,31)/t23-/m1/s1. The monoisotopic (exact) mass is 438 g/mol. The van der Waals surface area contributed by atoms with Gasteiger partial charge in [0.05, 0.1) is 0 Å². The zero-order valence-corrected chi connectivity index (χ0v) is 20.2. The summed E-state index contributed by atoms with van der Waals surface area (Å²) in [7, 11) is 0. The number of ether oxygens (including phenoxy) is 1. The largest absolute Gasteiger partial charge is 0.483 e. The lowest BCUT2D eigenvalue weighted by molar-refractivity contribution is -0.143. The number of hydrogen-bond donors (Lipinski definition) is 1. The summed E-state index contributed by atoms with van der Waals surface area (Å²) in [6, 6.07) is 17.0. The molecule has 5 heteroatoms. The van der Waals surface area contributed by atoms with Crippen molar-refractivity contribution in [2.45, 2.75) is 71.9 Å². The Morgan fingerprint density at radius 3 is 2.28 bits per heavy atom. The fourth-order valence-corrected chi connectivity index (χ4v) is 3.64. The maximum Gasteiger partial charge on any atom is 0.261 e. The highest BCUT2D eigenvalue weighted by molar-refractivity contribution is 5.88. The molecule has 5 nitrogen and oxygen atoms in total. The smallest absolute Gasteiger partial charge is 0.261 e. The molecule has 1 atom stereocenters. The minimum absolute atomic E-state index is 0.103. The number of amides is 2. The molecule has 1 N–H and O–H groups in total. The highest BCUT2D eigenvalue weighted by Crippen LogP contribution is 2.31. The van der Waals surface area contributed by atoms with Gasteiger partial charge < -0.3 is 15.0 Å². The number of benzene rings is 2. The van der Waals surface area contributed by atoms with Crippen LogP contribution < -0.4 is 10.1 Å². The zero-order valence-electron chi connectivity index (χ0n) is 20.2. The highest BCUT2D eigenvalue weighted by atomic mass is 16.5. The summed E-state index contributed by atoms with van der Waals surface area (Å²) >= 11 is 0. The van der Waals surface area contributed by atoms with Gasteiger partial charge in [-0.2, -0.15) is 0 Å². The van der Waals surface area contributed by atoms with Crippen molar-refractivity contribution in [1.29, 1.82) is 0 Å². The molecule has 2 rings (SSSR count). The number of nitrogens with zero attached hydrogens (tertiary/aromatic N) is 1. The molecular weight excluding hydrogens is 400 g/mol. The molecule has 0 fully saturated rings. The molecule has 0 aliphatic rings. The normalized spacial score (nSPS) is 12.2. The molecule has 0 aliphatic heterocycles. The van der Waals surface area contributed by atoms with Crippen LogP contribution in [0.3, 0.4) is 0 Å². The van der Waals surface area contributed by atoms with Gasteiger partial charge in [0, 0.05) is 13.1 Å². The summed E-state index contributed by atoms with van der Waals surface area (Å²) in [5.41, 5.74) is 1.93. The second kappa shape index (κ2) is 12.3. The molecule has 0 spiro atoms. The lowest BCUT2D eigenvalue weighted by Gasteiger charge is -2.31. The molecule has 0 heterocycles. The van der Waals surface area contributed by atoms with E-state index in [9.17, 15) is 9.59 Å². The van der Waals surface area contributed by atoms with Gasteiger partial charge in [-0.25, -0.2) is 0 Å². The van der Waals surface area contributed by atoms with E-state index in [2.05, 4.69) is 33.0 Å². The first-order valence-electron chi connectivity index (χ1n) is 11.6. The van der Waals surface area contributed by atoms with E-state index in [0.717, 1.165) is 24.0 Å². The minimum Gasteiger partial charge on any atom is -0.483 e. The molecule has 174 valence electrons. The van der Waals surface area contributed by atoms with Crippen molar-refractivity contribution in [3.63, 3.8) is 0 Å². The average Bonchev–Trinajstić information content (AvgIpc) is 2.77. The van der Waals surface area contributed by atoms with Crippen LogP contribution in [0.5, 0.6) is 5.75 Å². The van der Waals surface area contributed by atoms with Crippen LogP contribution in [0.25, 0.3) is 0 Å². The molecule has 0 radical (unpaired) electrons. The molecule has 0 bridgehead atoms. The highest BCUT2D eigenvalue weighted by Gasteiger charge is 2.29. The van der Waals surface area contributed by atoms with Gasteiger partial charge in [0.15, 0.2) is 6.61 Å². The van der Waals surface area contributed by atoms with Gasteiger partial charge in [-0.05, 0) is 35.4 Å². The molecule has 2 aromatic carbocycles. The number of hydrogen-bond acceptors (Lipinski definition) is 3. The third-order valence-electron chi connectivity index (χ3n) is 5.46. The zero-order chi connectivity index (χ0) is 23.6. The topological polar surface area (TPSA) is 58.6 Å². The predicted octanol–water partition coefficient (Wildman–Crippen LogP) is 5.09. The number of nitrogens with one attached hydrogen (secondary N) is 1. The van der Waals surface area contributed by atoms with Gasteiger partial charge in [-0.3, -0.25) is 9.59 Å². The Hall–Kier alpha value is -2.82. The van der Waals surface area contributed by atoms with Gasteiger partial charge in [0.1, 0.15) is 11.8 Å². The van der Waals surface area contributed by atoms with Crippen molar-refractivity contribution in [3.8, 4) is 5.75 Å². The number of rotatable bonds is 11. The van der Waals surface area contributed by atoms with Crippen LogP contribution >= 0.6 is 0 Å². The van der Waals surface area contributed by atoms with Crippen LogP contribution in [0, 0.1) is 0 Å². The van der Waals surface area contributed by atoms with Gasteiger partial charge in [-0.1, -0.05) is 89.6 Å². The van der Waals surface area contributed by atoms with E-state index < -0.39 is 6.04 Å². The summed E-state index contributed by atoms with van der Waals surface area (Å²) in [6.45, 7) is 11.2. The van der Waals surface area contributed by atoms with E-state index in [4.69, 9.17) is 4.74 Å². The average molecular weight is 439 g/mol. The summed E-state index contributed by atoms with van der Waals surface area (Å²) in [5, 5.41) is 2.98. The van der Waals surface area contributed by atoms with E-state index in [-0.39, 0.29) is 23.8 Å². The van der Waals surface area contributed by atoms with Crippen molar-refractivity contribution in [1.82, 2.24) is 10.2 Å². The number of para-hydroxylation sites is 1. The first kappa shape index (κ1) is 25.4. The Labute approximate surface area is 193 Å². The van der Waals surface area contributed by atoms with E-state index >= 15 is 0 Å². The summed E-state index contributed by atoms with van der Waals surface area (Å²) < 4.78 is 5.99. The second-order valence-corrected chi connectivity index (χ2v) is 9.11. The van der Waals surface area contributed by atoms with Crippen LogP contribution in [-0.2, 0) is 21.5 Å². The van der Waals surface area contributed by atoms with Gasteiger partial charge in [0.2, 0.25) is 5.91 Å². The van der Waals surface area contributed by atoms with E-state index in [1.54, 1.807) is 4.90 Å². The van der Waals surface area contributed by atoms with Crippen LogP contribution in [-0.4, -0.2) is 35.9 Å². The minimum atomic E-state index is -0.541. The molecule has 0 saturated carbocycles. The van der Waals surface area contributed by atoms with Crippen molar-refractivity contribution < 1.29 is 14.3 Å². The Morgan fingerprint density at radius 2 is 1.66 bits per heavy atom. The maximum atomic E-state index is 13.3. The number of carbonyl (C=O) groups is 2. The van der Waals surface area contributed by atoms with Crippen LogP contribution in [0.4, 0.5) is 0 Å². The molecular formula is C27H38N2O3. The first-order chi connectivity index (χ1) is 15.3. The Bertz CT molecular complexity index is 859. The third-order valence-corrected chi connectivity index (χ3v) is 5.46. The van der Waals surface area contributed by atoms with Crippen molar-refractivity contribution in [2.24, 2.45) is 0 Å². The lowest BCUT2D eigenvalue weighted by Crippen LogP contribution is -2.50. The fourth-order valence-electron chi connectivity index (χ4n) is 3.64. The molecule has 2 aromatic rings. The third kappa shape index (κ3) is 7.40.